The van der Waals surface area contributed by atoms with Crippen LogP contribution in [-0.2, 0) is 10.0 Å². The number of nitrogens with two attached hydrogens (primary N) is 1. The third kappa shape index (κ3) is 2.17. The van der Waals surface area contributed by atoms with Crippen LogP contribution in [0.3, 0.4) is 0 Å². The molecule has 1 heterocycles. The summed E-state index contributed by atoms with van der Waals surface area (Å²) in [6, 6.07) is 4.22. The van der Waals surface area contributed by atoms with Gasteiger partial charge in [-0.3, -0.25) is 4.98 Å². The molecule has 2 aromatic rings. The summed E-state index contributed by atoms with van der Waals surface area (Å²) in [6.45, 7) is 0.453. The third-order valence-corrected chi connectivity index (χ3v) is 4.40. The summed E-state index contributed by atoms with van der Waals surface area (Å²) < 4.78 is 30.2. The summed E-state index contributed by atoms with van der Waals surface area (Å²) in [5, 5.41) is 0. The van der Waals surface area contributed by atoms with Gasteiger partial charge in [-0.15, -0.1) is 0 Å². The van der Waals surface area contributed by atoms with Gasteiger partial charge in [-0.25, -0.2) is 13.2 Å². The van der Waals surface area contributed by atoms with Gasteiger partial charge in [0.1, 0.15) is 0 Å². The first-order valence-electron chi connectivity index (χ1n) is 5.24. The lowest BCUT2D eigenvalue weighted by Crippen LogP contribution is -2.31. The van der Waals surface area contributed by atoms with Crippen molar-refractivity contribution in [2.75, 3.05) is 20.1 Å². The number of benzene rings is 1. The summed E-state index contributed by atoms with van der Waals surface area (Å²) in [5.74, 6) is -0.616. The van der Waals surface area contributed by atoms with Gasteiger partial charge in [-0.05, 0) is 12.1 Å². The second-order valence-electron chi connectivity index (χ2n) is 3.79. The SMILES string of the molecule is CN(CCN)S(=O)(=O)c1ccc2[nH]c(=O)oc2c1. The first-order chi connectivity index (χ1) is 8.45. The Kier molecular flexibility index (Phi) is 3.24. The van der Waals surface area contributed by atoms with Crippen LogP contribution in [-0.4, -0.2) is 37.8 Å². The summed E-state index contributed by atoms with van der Waals surface area (Å²) in [5.41, 5.74) is 6.00. The van der Waals surface area contributed by atoms with E-state index in [9.17, 15) is 13.2 Å². The molecule has 0 saturated heterocycles. The van der Waals surface area contributed by atoms with Crippen LogP contribution >= 0.6 is 0 Å². The molecule has 1 aromatic carbocycles. The van der Waals surface area contributed by atoms with E-state index in [1.807, 2.05) is 0 Å². The predicted octanol–water partition coefficient (Wildman–Crippen LogP) is -0.300. The molecule has 0 radical (unpaired) electrons. The van der Waals surface area contributed by atoms with E-state index in [-0.39, 0.29) is 23.6 Å². The number of likely N-dealkylation sites (N-methyl/N-ethyl adjacent to an activating group) is 1. The number of aromatic amines is 1. The lowest BCUT2D eigenvalue weighted by Gasteiger charge is -2.15. The van der Waals surface area contributed by atoms with Crippen molar-refractivity contribution < 1.29 is 12.8 Å². The summed E-state index contributed by atoms with van der Waals surface area (Å²) in [6.07, 6.45) is 0. The van der Waals surface area contributed by atoms with Crippen LogP contribution in [0.2, 0.25) is 0 Å². The van der Waals surface area contributed by atoms with Gasteiger partial charge < -0.3 is 10.2 Å². The highest BCUT2D eigenvalue weighted by Gasteiger charge is 2.20. The Morgan fingerprint density at radius 3 is 2.83 bits per heavy atom. The van der Waals surface area contributed by atoms with E-state index in [4.69, 9.17) is 10.2 Å². The van der Waals surface area contributed by atoms with Crippen molar-refractivity contribution in [3.8, 4) is 0 Å². The largest absolute Gasteiger partial charge is 0.417 e. The van der Waals surface area contributed by atoms with E-state index in [2.05, 4.69) is 4.98 Å². The van der Waals surface area contributed by atoms with Crippen LogP contribution in [0.25, 0.3) is 11.1 Å². The van der Waals surface area contributed by atoms with Crippen molar-refractivity contribution in [1.29, 1.82) is 0 Å². The Labute approximate surface area is 103 Å². The zero-order valence-electron chi connectivity index (χ0n) is 9.71. The highest BCUT2D eigenvalue weighted by Crippen LogP contribution is 2.19. The molecule has 0 atom stereocenters. The minimum absolute atomic E-state index is 0.0636. The van der Waals surface area contributed by atoms with Crippen LogP contribution in [0.15, 0.2) is 32.3 Å². The smallest absolute Gasteiger partial charge is 0.408 e. The number of aromatic nitrogens is 1. The highest BCUT2D eigenvalue weighted by molar-refractivity contribution is 7.89. The van der Waals surface area contributed by atoms with Gasteiger partial charge in [0.05, 0.1) is 10.4 Å². The number of nitrogens with zero attached hydrogens (tertiary/aromatic N) is 1. The van der Waals surface area contributed by atoms with Crippen molar-refractivity contribution in [3.63, 3.8) is 0 Å². The molecule has 98 valence electrons. The van der Waals surface area contributed by atoms with Crippen LogP contribution in [0.5, 0.6) is 0 Å². The van der Waals surface area contributed by atoms with Crippen molar-refractivity contribution in [2.24, 2.45) is 5.73 Å². The van der Waals surface area contributed by atoms with Crippen molar-refractivity contribution in [1.82, 2.24) is 9.29 Å². The van der Waals surface area contributed by atoms with Gasteiger partial charge in [-0.1, -0.05) is 0 Å². The Hall–Kier alpha value is -1.64. The van der Waals surface area contributed by atoms with E-state index < -0.39 is 15.8 Å². The molecule has 8 heteroatoms. The quantitative estimate of drug-likeness (QED) is 0.793. The van der Waals surface area contributed by atoms with E-state index >= 15 is 0 Å². The minimum Gasteiger partial charge on any atom is -0.408 e. The van der Waals surface area contributed by atoms with Crippen LogP contribution in [0.4, 0.5) is 0 Å². The fourth-order valence-electron chi connectivity index (χ4n) is 1.57. The summed E-state index contributed by atoms with van der Waals surface area (Å²) in [7, 11) is -2.16. The molecule has 7 nitrogen and oxygen atoms in total. The van der Waals surface area contributed by atoms with Gasteiger partial charge in [0, 0.05) is 26.2 Å². The highest BCUT2D eigenvalue weighted by atomic mass is 32.2. The Bertz CT molecular complexity index is 716. The number of sulfonamides is 1. The topological polar surface area (TPSA) is 109 Å². The maximum atomic E-state index is 12.1. The van der Waals surface area contributed by atoms with Gasteiger partial charge in [0.25, 0.3) is 0 Å². The molecular formula is C10H13N3O4S. The fourth-order valence-corrected chi connectivity index (χ4v) is 2.77. The lowest BCUT2D eigenvalue weighted by atomic mass is 10.3. The molecule has 0 saturated carbocycles. The molecule has 0 fully saturated rings. The number of fused-ring (bicyclic) bond motifs is 1. The maximum absolute atomic E-state index is 12.1. The molecule has 0 spiro atoms. The Morgan fingerprint density at radius 2 is 2.17 bits per heavy atom. The number of oxazole rings is 1. The number of nitrogens with one attached hydrogen (secondary N) is 1. The van der Waals surface area contributed by atoms with Gasteiger partial charge in [0.2, 0.25) is 10.0 Å². The second kappa shape index (κ2) is 4.56. The minimum atomic E-state index is -3.61. The normalized spacial score (nSPS) is 12.4. The van der Waals surface area contributed by atoms with Crippen LogP contribution in [0.1, 0.15) is 0 Å². The standard InChI is InChI=1S/C10H13N3O4S/c1-13(5-4-11)18(15,16)7-2-3-8-9(6-7)17-10(14)12-8/h2-3,6H,4-5,11H2,1H3,(H,12,14). The molecular weight excluding hydrogens is 258 g/mol. The summed E-state index contributed by atoms with van der Waals surface area (Å²) in [4.78, 5) is 13.5. The van der Waals surface area contributed by atoms with Gasteiger partial charge in [0.15, 0.2) is 5.58 Å². The number of hydrogen-bond acceptors (Lipinski definition) is 5. The average Bonchev–Trinajstić information content (AvgIpc) is 2.68. The van der Waals surface area contributed by atoms with Crippen molar-refractivity contribution in [2.45, 2.75) is 4.90 Å². The fraction of sp³-hybridized carbons (Fsp3) is 0.300. The number of rotatable bonds is 4. The van der Waals surface area contributed by atoms with Crippen LogP contribution in [0, 0.1) is 0 Å². The van der Waals surface area contributed by atoms with Crippen molar-refractivity contribution >= 4 is 21.1 Å². The molecule has 0 aliphatic carbocycles. The molecule has 0 aliphatic rings. The molecule has 0 aliphatic heterocycles. The summed E-state index contributed by atoms with van der Waals surface area (Å²) >= 11 is 0. The van der Waals surface area contributed by atoms with E-state index in [1.165, 1.54) is 25.2 Å². The van der Waals surface area contributed by atoms with E-state index in [1.54, 1.807) is 0 Å². The zero-order valence-corrected chi connectivity index (χ0v) is 10.5. The van der Waals surface area contributed by atoms with Crippen molar-refractivity contribution in [3.05, 3.63) is 28.7 Å². The maximum Gasteiger partial charge on any atom is 0.417 e. The molecule has 18 heavy (non-hydrogen) atoms. The molecule has 0 amide bonds. The van der Waals surface area contributed by atoms with Gasteiger partial charge >= 0.3 is 5.76 Å². The first-order valence-corrected chi connectivity index (χ1v) is 6.68. The molecule has 1 aromatic heterocycles. The first kappa shape index (κ1) is 12.8. The molecule has 0 unspecified atom stereocenters. The second-order valence-corrected chi connectivity index (χ2v) is 5.83. The zero-order chi connectivity index (χ0) is 13.3. The Morgan fingerprint density at radius 1 is 1.44 bits per heavy atom. The Balaban J connectivity index is 2.50. The number of H-pyrrole nitrogens is 1. The lowest BCUT2D eigenvalue weighted by molar-refractivity contribution is 0.476. The van der Waals surface area contributed by atoms with E-state index in [0.29, 0.717) is 5.52 Å². The van der Waals surface area contributed by atoms with Crippen LogP contribution < -0.4 is 11.5 Å². The monoisotopic (exact) mass is 271 g/mol. The predicted molar refractivity (Wildman–Crippen MR) is 65.7 cm³/mol. The molecule has 0 bridgehead atoms. The average molecular weight is 271 g/mol. The number of hydrogen-bond donors (Lipinski definition) is 2. The molecule has 2 rings (SSSR count). The molecule has 3 N–H and O–H groups in total. The third-order valence-electron chi connectivity index (χ3n) is 2.54. The van der Waals surface area contributed by atoms with E-state index in [0.717, 1.165) is 4.31 Å². The van der Waals surface area contributed by atoms with Gasteiger partial charge in [-0.2, -0.15) is 4.31 Å².